The summed E-state index contributed by atoms with van der Waals surface area (Å²) in [6.45, 7) is 3.29. The summed E-state index contributed by atoms with van der Waals surface area (Å²) in [5, 5.41) is 2.41. The van der Waals surface area contributed by atoms with Crippen LogP contribution in [-0.4, -0.2) is 42.1 Å². The number of carbonyl (C=O) groups excluding carboxylic acids is 1. The number of nitrogens with zero attached hydrogens (tertiary/aromatic N) is 4. The number of carbonyl (C=O) groups is 1. The zero-order valence-corrected chi connectivity index (χ0v) is 15.6. The molecule has 0 unspecified atom stereocenters. The molecular weight excluding hydrogens is 376 g/mol. The van der Waals surface area contributed by atoms with Gasteiger partial charge in [-0.05, 0) is 36.4 Å². The van der Waals surface area contributed by atoms with Crippen molar-refractivity contribution in [3.05, 3.63) is 78.3 Å². The van der Waals surface area contributed by atoms with E-state index in [-0.39, 0.29) is 11.4 Å². The fraction of sp³-hybridized carbons (Fsp3) is 0.190. The Morgan fingerprint density at radius 1 is 0.931 bits per heavy atom. The molecule has 148 valence electrons. The molecule has 0 spiro atoms. The topological polar surface area (TPSA) is 61.4 Å². The number of hydrogen-bond donors (Lipinski definition) is 1. The summed E-state index contributed by atoms with van der Waals surface area (Å²) >= 11 is 0. The fourth-order valence-corrected chi connectivity index (χ4v) is 3.22. The van der Waals surface area contributed by atoms with Crippen LogP contribution in [0.25, 0.3) is 0 Å². The number of hydrogen-bond acceptors (Lipinski definition) is 5. The second-order valence-electron chi connectivity index (χ2n) is 6.64. The van der Waals surface area contributed by atoms with Crippen molar-refractivity contribution in [1.29, 1.82) is 0 Å². The fourth-order valence-electron chi connectivity index (χ4n) is 3.22. The Labute approximate surface area is 166 Å². The van der Waals surface area contributed by atoms with Gasteiger partial charge in [0.2, 0.25) is 0 Å². The number of rotatable bonds is 4. The van der Waals surface area contributed by atoms with E-state index in [1.54, 1.807) is 18.5 Å². The molecule has 0 aliphatic carbocycles. The van der Waals surface area contributed by atoms with E-state index in [0.29, 0.717) is 0 Å². The molecular formula is C21H19F2N5O. The van der Waals surface area contributed by atoms with Crippen molar-refractivity contribution in [2.45, 2.75) is 0 Å². The van der Waals surface area contributed by atoms with Gasteiger partial charge in [-0.1, -0.05) is 6.07 Å². The molecule has 1 amide bonds. The molecule has 1 fully saturated rings. The molecule has 0 bridgehead atoms. The maximum Gasteiger partial charge on any atom is 0.274 e. The van der Waals surface area contributed by atoms with Gasteiger partial charge in [-0.2, -0.15) is 0 Å². The van der Waals surface area contributed by atoms with Crippen LogP contribution in [0.1, 0.15) is 10.5 Å². The maximum atomic E-state index is 13.7. The monoisotopic (exact) mass is 395 g/mol. The maximum absolute atomic E-state index is 13.7. The number of anilines is 3. The highest BCUT2D eigenvalue weighted by Gasteiger charge is 2.19. The molecule has 1 saturated heterocycles. The van der Waals surface area contributed by atoms with Crippen LogP contribution in [0.15, 0.2) is 60.9 Å². The first-order valence-electron chi connectivity index (χ1n) is 9.23. The van der Waals surface area contributed by atoms with E-state index in [4.69, 9.17) is 0 Å². The van der Waals surface area contributed by atoms with Gasteiger partial charge in [-0.3, -0.25) is 4.79 Å². The van der Waals surface area contributed by atoms with E-state index in [0.717, 1.165) is 49.8 Å². The number of piperazine rings is 1. The van der Waals surface area contributed by atoms with Gasteiger partial charge in [-0.15, -0.1) is 0 Å². The molecule has 3 heterocycles. The van der Waals surface area contributed by atoms with E-state index in [2.05, 4.69) is 25.1 Å². The molecule has 0 saturated carbocycles. The third kappa shape index (κ3) is 4.31. The van der Waals surface area contributed by atoms with Gasteiger partial charge < -0.3 is 15.1 Å². The predicted octanol–water partition coefficient (Wildman–Crippen LogP) is 3.33. The van der Waals surface area contributed by atoms with Gasteiger partial charge in [-0.25, -0.2) is 18.7 Å². The number of halogens is 2. The van der Waals surface area contributed by atoms with Gasteiger partial charge >= 0.3 is 0 Å². The summed E-state index contributed by atoms with van der Waals surface area (Å²) in [6, 6.07) is 12.3. The zero-order chi connectivity index (χ0) is 20.2. The summed E-state index contributed by atoms with van der Waals surface area (Å²) in [6.07, 6.45) is 3.42. The Morgan fingerprint density at radius 3 is 2.38 bits per heavy atom. The van der Waals surface area contributed by atoms with E-state index in [1.807, 2.05) is 24.3 Å². The molecule has 29 heavy (non-hydrogen) atoms. The Bertz CT molecular complexity index is 990. The first kappa shape index (κ1) is 18.8. The Balaban J connectivity index is 1.37. The van der Waals surface area contributed by atoms with Crippen molar-refractivity contribution >= 4 is 23.1 Å². The molecule has 6 nitrogen and oxygen atoms in total. The summed E-state index contributed by atoms with van der Waals surface area (Å²) in [4.78, 5) is 25.3. The van der Waals surface area contributed by atoms with E-state index < -0.39 is 17.5 Å². The molecule has 2 aromatic heterocycles. The van der Waals surface area contributed by atoms with Crippen LogP contribution in [0.2, 0.25) is 0 Å². The number of benzene rings is 1. The predicted molar refractivity (Wildman–Crippen MR) is 107 cm³/mol. The lowest BCUT2D eigenvalue weighted by atomic mass is 10.2. The molecule has 0 radical (unpaired) electrons. The molecule has 0 atom stereocenters. The van der Waals surface area contributed by atoms with Gasteiger partial charge in [0.15, 0.2) is 0 Å². The molecule has 4 rings (SSSR count). The average molecular weight is 395 g/mol. The lowest BCUT2D eigenvalue weighted by molar-refractivity contribution is 0.102. The van der Waals surface area contributed by atoms with Crippen LogP contribution in [0.4, 0.5) is 26.0 Å². The van der Waals surface area contributed by atoms with Crippen LogP contribution in [-0.2, 0) is 0 Å². The highest BCUT2D eigenvalue weighted by Crippen LogP contribution is 2.20. The first-order valence-corrected chi connectivity index (χ1v) is 9.23. The molecule has 1 N–H and O–H groups in total. The van der Waals surface area contributed by atoms with E-state index in [9.17, 15) is 13.6 Å². The Morgan fingerprint density at radius 2 is 1.72 bits per heavy atom. The number of pyridine rings is 2. The summed E-state index contributed by atoms with van der Waals surface area (Å²) < 4.78 is 26.7. The number of nitrogens with one attached hydrogen (secondary N) is 1. The highest BCUT2D eigenvalue weighted by atomic mass is 19.1. The molecule has 8 heteroatoms. The third-order valence-corrected chi connectivity index (χ3v) is 4.78. The summed E-state index contributed by atoms with van der Waals surface area (Å²) in [5.41, 5.74) is 0.979. The van der Waals surface area contributed by atoms with Crippen molar-refractivity contribution < 1.29 is 13.6 Å². The van der Waals surface area contributed by atoms with Crippen molar-refractivity contribution in [1.82, 2.24) is 9.97 Å². The van der Waals surface area contributed by atoms with Crippen molar-refractivity contribution in [3.63, 3.8) is 0 Å². The summed E-state index contributed by atoms with van der Waals surface area (Å²) in [5.74, 6) is -1.13. The van der Waals surface area contributed by atoms with Crippen LogP contribution in [0.3, 0.4) is 0 Å². The van der Waals surface area contributed by atoms with E-state index >= 15 is 0 Å². The van der Waals surface area contributed by atoms with Crippen LogP contribution in [0.5, 0.6) is 0 Å². The largest absolute Gasteiger partial charge is 0.367 e. The van der Waals surface area contributed by atoms with Crippen LogP contribution < -0.4 is 15.1 Å². The SMILES string of the molecule is O=C(Nc1ccc(F)cc1F)c1ccc(N2CCN(c3ccccn3)CC2)cn1. The minimum atomic E-state index is -0.833. The van der Waals surface area contributed by atoms with Crippen molar-refractivity contribution in [2.24, 2.45) is 0 Å². The minimum Gasteiger partial charge on any atom is -0.367 e. The number of aromatic nitrogens is 2. The van der Waals surface area contributed by atoms with Gasteiger partial charge in [0.1, 0.15) is 23.1 Å². The Kier molecular flexibility index (Phi) is 5.33. The molecule has 1 aliphatic heterocycles. The lowest BCUT2D eigenvalue weighted by Crippen LogP contribution is -2.46. The van der Waals surface area contributed by atoms with Crippen LogP contribution in [0, 0.1) is 11.6 Å². The first-order chi connectivity index (χ1) is 14.1. The molecule has 1 aliphatic rings. The third-order valence-electron chi connectivity index (χ3n) is 4.78. The van der Waals surface area contributed by atoms with E-state index in [1.165, 1.54) is 6.07 Å². The number of amides is 1. The zero-order valence-electron chi connectivity index (χ0n) is 15.6. The normalized spacial score (nSPS) is 14.0. The second kappa shape index (κ2) is 8.22. The van der Waals surface area contributed by atoms with Crippen molar-refractivity contribution in [2.75, 3.05) is 41.3 Å². The highest BCUT2D eigenvalue weighted by molar-refractivity contribution is 6.03. The quantitative estimate of drug-likeness (QED) is 0.734. The van der Waals surface area contributed by atoms with Crippen molar-refractivity contribution in [3.8, 4) is 0 Å². The lowest BCUT2D eigenvalue weighted by Gasteiger charge is -2.36. The molecule has 3 aromatic rings. The summed E-state index contributed by atoms with van der Waals surface area (Å²) in [7, 11) is 0. The standard InChI is InChI=1S/C21H19F2N5O/c22-15-4-6-18(17(23)13-15)26-21(29)19-7-5-16(14-25-19)27-9-11-28(12-10-27)20-3-1-2-8-24-20/h1-8,13-14H,9-12H2,(H,26,29). The second-order valence-corrected chi connectivity index (χ2v) is 6.64. The van der Waals surface area contributed by atoms with Crippen LogP contribution >= 0.6 is 0 Å². The van der Waals surface area contributed by atoms with Gasteiger partial charge in [0.05, 0.1) is 17.6 Å². The van der Waals surface area contributed by atoms with Gasteiger partial charge in [0.25, 0.3) is 5.91 Å². The van der Waals surface area contributed by atoms with Gasteiger partial charge in [0, 0.05) is 38.4 Å². The average Bonchev–Trinajstić information content (AvgIpc) is 2.76. The smallest absolute Gasteiger partial charge is 0.274 e. The molecule has 1 aromatic carbocycles. The minimum absolute atomic E-state index is 0.0899. The Hall–Kier alpha value is -3.55.